The molecule has 4 aromatic rings. The number of thiophene rings is 1. The zero-order valence-electron chi connectivity index (χ0n) is 15.4. The first-order valence-corrected chi connectivity index (χ1v) is 11.2. The minimum absolute atomic E-state index is 0.261. The summed E-state index contributed by atoms with van der Waals surface area (Å²) in [5.74, 6) is 1.43. The summed E-state index contributed by atoms with van der Waals surface area (Å²) in [6.45, 7) is 2.44. The van der Waals surface area contributed by atoms with Crippen LogP contribution in [0.5, 0.6) is 5.75 Å². The van der Waals surface area contributed by atoms with Gasteiger partial charge in [-0.05, 0) is 54.8 Å². The van der Waals surface area contributed by atoms with Crippen LogP contribution in [0.2, 0.25) is 0 Å². The van der Waals surface area contributed by atoms with Gasteiger partial charge >= 0.3 is 0 Å². The molecule has 0 bridgehead atoms. The molecule has 0 aliphatic carbocycles. The number of nitrogens with zero attached hydrogens (tertiary/aromatic N) is 2. The molecule has 9 heteroatoms. The van der Waals surface area contributed by atoms with Crippen molar-refractivity contribution in [3.63, 3.8) is 0 Å². The van der Waals surface area contributed by atoms with Crippen molar-refractivity contribution in [2.24, 2.45) is 0 Å². The predicted octanol–water partition coefficient (Wildman–Crippen LogP) is 4.66. The summed E-state index contributed by atoms with van der Waals surface area (Å²) in [5, 5.41) is 5.75. The lowest BCUT2D eigenvalue weighted by Crippen LogP contribution is -2.11. The Morgan fingerprint density at radius 1 is 1.07 bits per heavy atom. The van der Waals surface area contributed by atoms with Gasteiger partial charge in [-0.2, -0.15) is 4.98 Å². The molecule has 2 heterocycles. The normalized spacial score (nSPS) is 11.3. The molecule has 2 aromatic carbocycles. The molecule has 0 aliphatic heterocycles. The van der Waals surface area contributed by atoms with Crippen molar-refractivity contribution in [3.05, 3.63) is 66.0 Å². The van der Waals surface area contributed by atoms with E-state index in [4.69, 9.17) is 9.26 Å². The van der Waals surface area contributed by atoms with E-state index in [0.29, 0.717) is 40.9 Å². The summed E-state index contributed by atoms with van der Waals surface area (Å²) < 4.78 is 38.4. The van der Waals surface area contributed by atoms with Crippen LogP contribution in [0.25, 0.3) is 22.8 Å². The molecule has 0 fully saturated rings. The predicted molar refractivity (Wildman–Crippen MR) is 111 cm³/mol. The van der Waals surface area contributed by atoms with Crippen LogP contribution in [0.3, 0.4) is 0 Å². The minimum Gasteiger partial charge on any atom is -0.493 e. The zero-order valence-corrected chi connectivity index (χ0v) is 17.0. The average Bonchev–Trinajstić information content (AvgIpc) is 3.42. The lowest BCUT2D eigenvalue weighted by Gasteiger charge is -2.06. The molecule has 0 atom stereocenters. The van der Waals surface area contributed by atoms with Gasteiger partial charge < -0.3 is 9.26 Å². The quantitative estimate of drug-likeness (QED) is 0.461. The lowest BCUT2D eigenvalue weighted by atomic mass is 10.2. The second-order valence-corrected chi connectivity index (χ2v) is 8.82. The van der Waals surface area contributed by atoms with E-state index in [1.54, 1.807) is 41.8 Å². The maximum atomic E-state index is 12.3. The third-order valence-electron chi connectivity index (χ3n) is 4.00. The minimum atomic E-state index is -3.58. The van der Waals surface area contributed by atoms with Crippen molar-refractivity contribution < 1.29 is 17.7 Å². The van der Waals surface area contributed by atoms with Crippen LogP contribution in [0.4, 0.5) is 5.69 Å². The number of benzene rings is 2. The number of aromatic nitrogens is 2. The van der Waals surface area contributed by atoms with E-state index >= 15 is 0 Å². The molecule has 2 aromatic heterocycles. The Morgan fingerprint density at radius 2 is 1.86 bits per heavy atom. The van der Waals surface area contributed by atoms with Crippen LogP contribution in [0.15, 0.2) is 74.8 Å². The standard InChI is InChI=1S/C20H17N3O4S2/c1-2-26-17-7-4-3-6-16(17)20-21-19(22-27-20)14-9-11-15(12-10-14)23-29(24,25)18-8-5-13-28-18/h3-13,23H,2H2,1H3. The summed E-state index contributed by atoms with van der Waals surface area (Å²) in [5.41, 5.74) is 1.87. The van der Waals surface area contributed by atoms with Gasteiger partial charge in [-0.25, -0.2) is 8.42 Å². The molecule has 0 aliphatic rings. The number of sulfonamides is 1. The Morgan fingerprint density at radius 3 is 2.59 bits per heavy atom. The molecule has 7 nitrogen and oxygen atoms in total. The molecular formula is C20H17N3O4S2. The van der Waals surface area contributed by atoms with E-state index in [1.165, 1.54) is 0 Å². The monoisotopic (exact) mass is 427 g/mol. The Kier molecular flexibility index (Phi) is 5.32. The van der Waals surface area contributed by atoms with Crippen molar-refractivity contribution in [1.82, 2.24) is 10.1 Å². The van der Waals surface area contributed by atoms with Gasteiger partial charge in [-0.15, -0.1) is 11.3 Å². The second kappa shape index (κ2) is 8.06. The maximum absolute atomic E-state index is 12.3. The molecule has 1 N–H and O–H groups in total. The molecule has 0 amide bonds. The summed E-state index contributed by atoms with van der Waals surface area (Å²) in [6, 6.07) is 17.5. The van der Waals surface area contributed by atoms with E-state index in [0.717, 1.165) is 11.3 Å². The Balaban J connectivity index is 1.55. The summed E-state index contributed by atoms with van der Waals surface area (Å²) in [4.78, 5) is 4.44. The number of nitrogens with one attached hydrogen (secondary N) is 1. The highest BCUT2D eigenvalue weighted by Crippen LogP contribution is 2.30. The van der Waals surface area contributed by atoms with Crippen LogP contribution in [-0.4, -0.2) is 25.2 Å². The van der Waals surface area contributed by atoms with Crippen molar-refractivity contribution >= 4 is 27.0 Å². The maximum Gasteiger partial charge on any atom is 0.271 e. The van der Waals surface area contributed by atoms with Crippen LogP contribution >= 0.6 is 11.3 Å². The van der Waals surface area contributed by atoms with E-state index < -0.39 is 10.0 Å². The molecule has 4 rings (SSSR count). The van der Waals surface area contributed by atoms with Gasteiger partial charge in [0.2, 0.25) is 5.82 Å². The van der Waals surface area contributed by atoms with Gasteiger partial charge in [0, 0.05) is 11.3 Å². The number of rotatable bonds is 7. The SMILES string of the molecule is CCOc1ccccc1-c1nc(-c2ccc(NS(=O)(=O)c3cccs3)cc2)no1. The van der Waals surface area contributed by atoms with Gasteiger partial charge in [0.05, 0.1) is 12.2 Å². The third kappa shape index (κ3) is 4.15. The second-order valence-electron chi connectivity index (χ2n) is 5.97. The summed E-state index contributed by atoms with van der Waals surface area (Å²) in [6.07, 6.45) is 0. The first kappa shape index (κ1) is 19.2. The van der Waals surface area contributed by atoms with Crippen molar-refractivity contribution in [1.29, 1.82) is 0 Å². The summed E-state index contributed by atoms with van der Waals surface area (Å²) in [7, 11) is -3.58. The fourth-order valence-electron chi connectivity index (χ4n) is 2.68. The van der Waals surface area contributed by atoms with Gasteiger partial charge in [0.1, 0.15) is 9.96 Å². The van der Waals surface area contributed by atoms with Crippen molar-refractivity contribution in [2.75, 3.05) is 11.3 Å². The van der Waals surface area contributed by atoms with Gasteiger partial charge in [0.25, 0.3) is 15.9 Å². The number of hydrogen-bond acceptors (Lipinski definition) is 7. The van der Waals surface area contributed by atoms with Crippen LogP contribution in [0, 0.1) is 0 Å². The van der Waals surface area contributed by atoms with Crippen LogP contribution < -0.4 is 9.46 Å². The third-order valence-corrected chi connectivity index (χ3v) is 6.78. The highest BCUT2D eigenvalue weighted by atomic mass is 32.2. The fraction of sp³-hybridized carbons (Fsp3) is 0.100. The van der Waals surface area contributed by atoms with E-state index in [1.807, 2.05) is 31.2 Å². The number of para-hydroxylation sites is 1. The Bertz CT molecular complexity index is 1200. The molecule has 0 saturated heterocycles. The number of anilines is 1. The Labute approximate surface area is 172 Å². The van der Waals surface area contributed by atoms with E-state index in [-0.39, 0.29) is 4.21 Å². The van der Waals surface area contributed by atoms with Gasteiger partial charge in [-0.3, -0.25) is 4.72 Å². The smallest absolute Gasteiger partial charge is 0.271 e. The molecule has 29 heavy (non-hydrogen) atoms. The number of hydrogen-bond donors (Lipinski definition) is 1. The largest absolute Gasteiger partial charge is 0.493 e. The molecule has 0 radical (unpaired) electrons. The average molecular weight is 428 g/mol. The van der Waals surface area contributed by atoms with Gasteiger partial charge in [0.15, 0.2) is 0 Å². The highest BCUT2D eigenvalue weighted by molar-refractivity contribution is 7.94. The summed E-state index contributed by atoms with van der Waals surface area (Å²) >= 11 is 1.16. The fourth-order valence-corrected chi connectivity index (χ4v) is 4.74. The molecule has 0 spiro atoms. The van der Waals surface area contributed by atoms with Gasteiger partial charge in [-0.1, -0.05) is 23.4 Å². The molecular weight excluding hydrogens is 410 g/mol. The van der Waals surface area contributed by atoms with Crippen molar-refractivity contribution in [2.45, 2.75) is 11.1 Å². The molecule has 148 valence electrons. The van der Waals surface area contributed by atoms with Crippen molar-refractivity contribution in [3.8, 4) is 28.6 Å². The van der Waals surface area contributed by atoms with Crippen LogP contribution in [-0.2, 0) is 10.0 Å². The molecule has 0 unspecified atom stereocenters. The van der Waals surface area contributed by atoms with E-state index in [2.05, 4.69) is 14.9 Å². The number of ether oxygens (including phenoxy) is 1. The highest BCUT2D eigenvalue weighted by Gasteiger charge is 2.17. The topological polar surface area (TPSA) is 94.3 Å². The zero-order chi connectivity index (χ0) is 20.3. The first-order valence-electron chi connectivity index (χ1n) is 8.79. The van der Waals surface area contributed by atoms with Crippen LogP contribution in [0.1, 0.15) is 6.92 Å². The van der Waals surface area contributed by atoms with E-state index in [9.17, 15) is 8.42 Å². The molecule has 0 saturated carbocycles. The lowest BCUT2D eigenvalue weighted by molar-refractivity contribution is 0.339. The first-order chi connectivity index (χ1) is 14.1. The Hall–Kier alpha value is -3.17.